The summed E-state index contributed by atoms with van der Waals surface area (Å²) in [6.45, 7) is 8.02. The van der Waals surface area contributed by atoms with E-state index in [1.54, 1.807) is 39.0 Å². The van der Waals surface area contributed by atoms with E-state index in [0.29, 0.717) is 11.6 Å². The molecule has 0 aliphatic rings. The summed E-state index contributed by atoms with van der Waals surface area (Å²) in [7, 11) is -3.06. The smallest absolute Gasteiger partial charge is 0.460 e. The molecule has 0 bridgehead atoms. The molecule has 0 amide bonds. The van der Waals surface area contributed by atoms with E-state index >= 15 is 0 Å². The first-order valence-corrected chi connectivity index (χ1v) is 11.4. The molecule has 1 aromatic rings. The lowest BCUT2D eigenvalue weighted by atomic mass is 10.1. The van der Waals surface area contributed by atoms with Crippen molar-refractivity contribution in [1.82, 2.24) is 0 Å². The fraction of sp³-hybridized carbons (Fsp3) is 0.474. The second-order valence-electron chi connectivity index (χ2n) is 7.93. The SMILES string of the molecule is CC(C)(C)[Si](C)(C)OC(/C=C/c1ccccc1)=C(/F)C(F)(F)C(F)(F)C(F)(F)F. The van der Waals surface area contributed by atoms with Gasteiger partial charge in [0.15, 0.2) is 0 Å². The Labute approximate surface area is 165 Å². The van der Waals surface area contributed by atoms with Crippen molar-refractivity contribution in [3.63, 3.8) is 0 Å². The Bertz CT molecular complexity index is 759. The third kappa shape index (κ3) is 5.40. The summed E-state index contributed by atoms with van der Waals surface area (Å²) in [4.78, 5) is 0. The van der Waals surface area contributed by atoms with Crippen LogP contribution in [0.1, 0.15) is 26.3 Å². The number of halogens is 8. The summed E-state index contributed by atoms with van der Waals surface area (Å²) in [5, 5.41) is -0.666. The van der Waals surface area contributed by atoms with Gasteiger partial charge in [0, 0.05) is 0 Å². The van der Waals surface area contributed by atoms with E-state index in [-0.39, 0.29) is 0 Å². The maximum Gasteiger partial charge on any atom is 0.460 e. The summed E-state index contributed by atoms with van der Waals surface area (Å²) in [5.41, 5.74) is 0.377. The highest BCUT2D eigenvalue weighted by Crippen LogP contribution is 2.51. The molecule has 0 fully saturated rings. The summed E-state index contributed by atoms with van der Waals surface area (Å²) in [5.74, 6) is -17.1. The van der Waals surface area contributed by atoms with E-state index < -0.39 is 43.0 Å². The van der Waals surface area contributed by atoms with Gasteiger partial charge in [0.05, 0.1) is 0 Å². The number of hydrogen-bond acceptors (Lipinski definition) is 1. The lowest BCUT2D eigenvalue weighted by molar-refractivity contribution is -0.348. The standard InChI is InChI=1S/C19H22F8OSi/c1-16(2,3)29(4,5)28-14(12-11-13-9-7-6-8-10-13)15(20)17(21,22)18(23,24)19(25,26)27/h6-12H,1-5H3/b12-11+,15-14+. The van der Waals surface area contributed by atoms with Crippen molar-refractivity contribution in [3.05, 3.63) is 53.6 Å². The molecule has 0 aliphatic carbocycles. The predicted octanol–water partition coefficient (Wildman–Crippen LogP) is 7.74. The minimum atomic E-state index is -6.65. The topological polar surface area (TPSA) is 9.23 Å². The van der Waals surface area contributed by atoms with Gasteiger partial charge in [0.1, 0.15) is 5.76 Å². The molecule has 164 valence electrons. The molecule has 10 heteroatoms. The minimum Gasteiger partial charge on any atom is -0.542 e. The molecule has 0 aliphatic heterocycles. The van der Waals surface area contributed by atoms with Crippen LogP contribution in [-0.4, -0.2) is 26.3 Å². The molecule has 0 saturated carbocycles. The molecule has 0 spiro atoms. The van der Waals surface area contributed by atoms with E-state index in [2.05, 4.69) is 0 Å². The van der Waals surface area contributed by atoms with Crippen molar-refractivity contribution in [2.75, 3.05) is 0 Å². The average Bonchev–Trinajstić information content (AvgIpc) is 2.56. The van der Waals surface area contributed by atoms with Crippen LogP contribution in [0.25, 0.3) is 6.08 Å². The minimum absolute atomic E-state index is 0.377. The zero-order chi connectivity index (χ0) is 22.9. The third-order valence-electron chi connectivity index (χ3n) is 4.64. The molecule has 0 radical (unpaired) electrons. The number of hydrogen-bond donors (Lipinski definition) is 0. The van der Waals surface area contributed by atoms with Gasteiger partial charge in [-0.3, -0.25) is 0 Å². The highest BCUT2D eigenvalue weighted by molar-refractivity contribution is 6.74. The Kier molecular flexibility index (Phi) is 7.05. The summed E-state index contributed by atoms with van der Waals surface area (Å²) >= 11 is 0. The first kappa shape index (κ1) is 25.2. The predicted molar refractivity (Wildman–Crippen MR) is 97.8 cm³/mol. The van der Waals surface area contributed by atoms with Crippen LogP contribution in [0.4, 0.5) is 35.1 Å². The van der Waals surface area contributed by atoms with Gasteiger partial charge in [0.2, 0.25) is 5.83 Å². The van der Waals surface area contributed by atoms with Gasteiger partial charge < -0.3 is 4.43 Å². The molecule has 1 rings (SSSR count). The molecular weight excluding hydrogens is 424 g/mol. The van der Waals surface area contributed by atoms with Crippen molar-refractivity contribution < 1.29 is 39.5 Å². The van der Waals surface area contributed by atoms with Crippen LogP contribution >= 0.6 is 0 Å². The maximum absolute atomic E-state index is 14.5. The van der Waals surface area contributed by atoms with Crippen LogP contribution in [0.15, 0.2) is 48.0 Å². The molecule has 0 aromatic heterocycles. The van der Waals surface area contributed by atoms with E-state index in [4.69, 9.17) is 4.43 Å². The Hall–Kier alpha value is -1.84. The highest BCUT2D eigenvalue weighted by atomic mass is 28.4. The fourth-order valence-electron chi connectivity index (χ4n) is 1.79. The van der Waals surface area contributed by atoms with E-state index in [9.17, 15) is 35.1 Å². The Morgan fingerprint density at radius 3 is 1.79 bits per heavy atom. The van der Waals surface area contributed by atoms with Crippen molar-refractivity contribution in [1.29, 1.82) is 0 Å². The number of benzene rings is 1. The molecule has 1 nitrogen and oxygen atoms in total. The molecule has 0 unspecified atom stereocenters. The molecule has 1 aromatic carbocycles. The van der Waals surface area contributed by atoms with Crippen molar-refractivity contribution >= 4 is 14.4 Å². The van der Waals surface area contributed by atoms with Gasteiger partial charge in [-0.25, -0.2) is 4.39 Å². The molecule has 0 heterocycles. The van der Waals surface area contributed by atoms with Crippen molar-refractivity contribution in [2.45, 2.75) is 56.9 Å². The van der Waals surface area contributed by atoms with Crippen molar-refractivity contribution in [2.24, 2.45) is 0 Å². The largest absolute Gasteiger partial charge is 0.542 e. The van der Waals surface area contributed by atoms with Crippen LogP contribution in [-0.2, 0) is 4.43 Å². The van der Waals surface area contributed by atoms with Gasteiger partial charge in [-0.15, -0.1) is 0 Å². The monoisotopic (exact) mass is 446 g/mol. The second kappa shape index (κ2) is 8.12. The van der Waals surface area contributed by atoms with Crippen molar-refractivity contribution in [3.8, 4) is 0 Å². The lowest BCUT2D eigenvalue weighted by Gasteiger charge is -2.37. The first-order valence-electron chi connectivity index (χ1n) is 8.49. The Morgan fingerprint density at radius 2 is 1.38 bits per heavy atom. The normalized spacial score (nSPS) is 15.5. The average molecular weight is 446 g/mol. The molecule has 0 N–H and O–H groups in total. The van der Waals surface area contributed by atoms with Crippen LogP contribution < -0.4 is 0 Å². The van der Waals surface area contributed by atoms with Gasteiger partial charge in [-0.1, -0.05) is 57.2 Å². The zero-order valence-electron chi connectivity index (χ0n) is 16.5. The highest BCUT2D eigenvalue weighted by Gasteiger charge is 2.75. The second-order valence-corrected chi connectivity index (χ2v) is 12.7. The fourth-order valence-corrected chi connectivity index (χ4v) is 2.80. The summed E-state index contributed by atoms with van der Waals surface area (Å²) < 4.78 is 112. The van der Waals surface area contributed by atoms with E-state index in [1.165, 1.54) is 25.2 Å². The molecule has 0 atom stereocenters. The number of rotatable bonds is 6. The van der Waals surface area contributed by atoms with Crippen LogP contribution in [0, 0.1) is 0 Å². The van der Waals surface area contributed by atoms with Crippen LogP contribution in [0.2, 0.25) is 18.1 Å². The zero-order valence-corrected chi connectivity index (χ0v) is 17.5. The number of allylic oxidation sites excluding steroid dienone is 2. The molecule has 0 saturated heterocycles. The maximum atomic E-state index is 14.5. The van der Waals surface area contributed by atoms with Gasteiger partial charge in [-0.05, 0) is 29.8 Å². The summed E-state index contributed by atoms with van der Waals surface area (Å²) in [6.07, 6.45) is -4.92. The van der Waals surface area contributed by atoms with Gasteiger partial charge in [0.25, 0.3) is 8.32 Å². The summed E-state index contributed by atoms with van der Waals surface area (Å²) in [6, 6.07) is 7.78. The van der Waals surface area contributed by atoms with E-state index in [0.717, 1.165) is 6.08 Å². The van der Waals surface area contributed by atoms with Crippen LogP contribution in [0.3, 0.4) is 0 Å². The third-order valence-corrected chi connectivity index (χ3v) is 8.98. The lowest BCUT2D eigenvalue weighted by Crippen LogP contribution is -2.53. The first-order chi connectivity index (χ1) is 12.8. The quantitative estimate of drug-likeness (QED) is 0.188. The van der Waals surface area contributed by atoms with Crippen LogP contribution in [0.5, 0.6) is 0 Å². The Morgan fingerprint density at radius 1 is 0.897 bits per heavy atom. The molecule has 29 heavy (non-hydrogen) atoms. The number of alkyl halides is 7. The van der Waals surface area contributed by atoms with Gasteiger partial charge in [-0.2, -0.15) is 30.7 Å². The van der Waals surface area contributed by atoms with Gasteiger partial charge >= 0.3 is 18.0 Å². The Balaban J connectivity index is 3.58. The van der Waals surface area contributed by atoms with E-state index in [1.807, 2.05) is 0 Å². The molecular formula is C19H22F8OSi.